The van der Waals surface area contributed by atoms with E-state index in [-0.39, 0.29) is 32.2 Å². The maximum atomic E-state index is 7.75. The summed E-state index contributed by atoms with van der Waals surface area (Å²) in [6, 6.07) is 6.79. The van der Waals surface area contributed by atoms with Gasteiger partial charge in [0.2, 0.25) is 0 Å². The van der Waals surface area contributed by atoms with Gasteiger partial charge in [-0.25, -0.2) is 0 Å². The molecule has 0 atom stereocenters. The first-order chi connectivity index (χ1) is 18.7. The van der Waals surface area contributed by atoms with E-state index in [9.17, 15) is 0 Å². The summed E-state index contributed by atoms with van der Waals surface area (Å²) in [6.07, 6.45) is 6.21. The predicted molar refractivity (Wildman–Crippen MR) is 166 cm³/mol. The van der Waals surface area contributed by atoms with Crippen LogP contribution in [0.4, 0.5) is 0 Å². The van der Waals surface area contributed by atoms with Gasteiger partial charge < -0.3 is 23.7 Å². The molecule has 10 heteroatoms. The minimum atomic E-state index is -0.771. The van der Waals surface area contributed by atoms with E-state index in [0.29, 0.717) is 0 Å². The standard InChI is InChI=1S/C29H47NO4P2.CHO.ClH.Ru.H/c1-24(2)18-28(31-12-13-32-28)19-25(3,4)35(24)16-22-10-9-11-23(30-22)17-36-26(5,6)20-29(21-27(36,7)8)33-14-15-34-29;1-2;;;/h9-11H,12-21H2,1-8H3;1H;1H;;/q;-1;;+1;/p+1. The van der Waals surface area contributed by atoms with Crippen molar-refractivity contribution in [2.75, 3.05) is 26.4 Å². The Morgan fingerprint density at radius 1 is 0.675 bits per heavy atom. The maximum absolute atomic E-state index is 7.75. The second-order valence-corrected chi connectivity index (χ2v) is 22.4. The molecule has 0 bridgehead atoms. The van der Waals surface area contributed by atoms with Gasteiger partial charge in [-0.05, 0) is 67.5 Å². The van der Waals surface area contributed by atoms with Crippen LogP contribution in [0.5, 0.6) is 0 Å². The van der Waals surface area contributed by atoms with Crippen molar-refractivity contribution in [3.8, 4) is 0 Å². The number of aromatic nitrogens is 1. The van der Waals surface area contributed by atoms with Gasteiger partial charge in [0, 0.05) is 41.5 Å². The van der Waals surface area contributed by atoms with Crippen LogP contribution in [0.2, 0.25) is 0 Å². The Balaban J connectivity index is 0.00000106. The first kappa shape index (κ1) is 34.9. The third kappa shape index (κ3) is 7.55. The number of hydrogen-bond donors (Lipinski definition) is 0. The van der Waals surface area contributed by atoms with Crippen LogP contribution in [-0.4, -0.2) is 70.4 Å². The number of rotatable bonds is 4. The summed E-state index contributed by atoms with van der Waals surface area (Å²) in [7, 11) is 3.07. The molecule has 0 N–H and O–H groups in total. The number of hydrogen-bond acceptors (Lipinski definition) is 6. The average Bonchev–Trinajstić information content (AvgIpc) is 3.50. The number of carbonyl (C=O) groups excluding carboxylic acids is 1. The molecule has 6 nitrogen and oxygen atoms in total. The van der Waals surface area contributed by atoms with E-state index >= 15 is 0 Å². The third-order valence-corrected chi connectivity index (χ3v) is 18.0. The average molecular weight is 704 g/mol. The van der Waals surface area contributed by atoms with Crippen molar-refractivity contribution in [2.45, 2.75) is 126 Å². The SMILES string of the molecule is CC1(C)CC2(CC(C)(C)[PH+]1Cc1cccc(C[PH+]3C(C)(C)CC4(CC3(C)C)OCCO4)n1)OCCO2.[CH-]=O.[Cl][RuH]. The molecule has 0 aliphatic carbocycles. The van der Waals surface area contributed by atoms with Gasteiger partial charge in [-0.1, -0.05) is 6.07 Å². The topological polar surface area (TPSA) is 66.9 Å². The molecule has 2 spiro atoms. The van der Waals surface area contributed by atoms with Crippen molar-refractivity contribution >= 4 is 32.3 Å². The summed E-state index contributed by atoms with van der Waals surface area (Å²) < 4.78 is 24.8. The van der Waals surface area contributed by atoms with Crippen LogP contribution < -0.4 is 0 Å². The van der Waals surface area contributed by atoms with Gasteiger partial charge in [-0.15, -0.1) is 0 Å². The van der Waals surface area contributed by atoms with E-state index in [1.165, 1.54) is 11.4 Å². The molecule has 4 fully saturated rings. The second kappa shape index (κ2) is 13.2. The molecule has 0 radical (unpaired) electrons. The number of ether oxygens (including phenoxy) is 4. The monoisotopic (exact) mass is 704 g/mol. The van der Waals surface area contributed by atoms with E-state index in [0.717, 1.165) is 64.4 Å². The normalized spacial score (nSPS) is 27.5. The summed E-state index contributed by atoms with van der Waals surface area (Å²) in [6.45, 7) is 25.7. The summed E-state index contributed by atoms with van der Waals surface area (Å²) in [5.41, 5.74) is 2.55. The zero-order valence-corrected chi connectivity index (χ0v) is 30.2. The fraction of sp³-hybridized carbons (Fsp3) is 0.800. The molecule has 1 aromatic rings. The Morgan fingerprint density at radius 3 is 1.23 bits per heavy atom. The van der Waals surface area contributed by atoms with E-state index < -0.39 is 15.8 Å². The Hall–Kier alpha value is 0.433. The van der Waals surface area contributed by atoms with Gasteiger partial charge >= 0.3 is 27.0 Å². The summed E-state index contributed by atoms with van der Waals surface area (Å²) in [5, 5.41) is 0.848. The first-order valence-corrected chi connectivity index (χ1v) is 20.1. The van der Waals surface area contributed by atoms with Gasteiger partial charge in [0.15, 0.2) is 11.6 Å². The van der Waals surface area contributed by atoms with Gasteiger partial charge in [-0.2, -0.15) is 0 Å². The van der Waals surface area contributed by atoms with Crippen LogP contribution in [-0.2, 0) is 53.4 Å². The van der Waals surface area contributed by atoms with Crippen LogP contribution in [0, 0.1) is 0 Å². The zero-order chi connectivity index (χ0) is 30.0. The van der Waals surface area contributed by atoms with Gasteiger partial charge in [0.1, 0.15) is 12.3 Å². The Bertz CT molecular complexity index is 883. The van der Waals surface area contributed by atoms with E-state index in [1.807, 2.05) is 0 Å². The third-order valence-electron chi connectivity index (χ3n) is 9.32. The molecule has 0 saturated carbocycles. The molecule has 4 saturated heterocycles. The molecule has 40 heavy (non-hydrogen) atoms. The van der Waals surface area contributed by atoms with Crippen LogP contribution in [0.3, 0.4) is 0 Å². The fourth-order valence-corrected chi connectivity index (χ4v) is 17.2. The van der Waals surface area contributed by atoms with Crippen molar-refractivity contribution < 1.29 is 41.1 Å². The van der Waals surface area contributed by atoms with Crippen LogP contribution in [0.1, 0.15) is 92.5 Å². The van der Waals surface area contributed by atoms with Crippen molar-refractivity contribution in [3.63, 3.8) is 0 Å². The summed E-state index contributed by atoms with van der Waals surface area (Å²) in [5.74, 6) is -0.744. The molecule has 4 aliphatic heterocycles. The molecule has 5 rings (SSSR count). The van der Waals surface area contributed by atoms with Crippen molar-refractivity contribution in [3.05, 3.63) is 29.6 Å². The number of nitrogens with zero attached hydrogens (tertiary/aromatic N) is 1. The van der Waals surface area contributed by atoms with Crippen molar-refractivity contribution in [1.82, 2.24) is 4.98 Å². The molecule has 0 amide bonds. The summed E-state index contributed by atoms with van der Waals surface area (Å²) >= 11 is 1.62. The van der Waals surface area contributed by atoms with Crippen molar-refractivity contribution in [2.24, 2.45) is 0 Å². The molecule has 230 valence electrons. The molecule has 0 unspecified atom stereocenters. The van der Waals surface area contributed by atoms with Gasteiger partial charge in [0.25, 0.3) is 0 Å². The van der Waals surface area contributed by atoms with Gasteiger partial charge in [-0.3, -0.25) is 11.8 Å². The second-order valence-electron chi connectivity index (χ2n) is 14.4. The number of pyridine rings is 1. The molecule has 0 aromatic carbocycles. The Labute approximate surface area is 259 Å². The van der Waals surface area contributed by atoms with E-state index in [1.54, 1.807) is 17.3 Å². The molecular weight excluding hydrogens is 653 g/mol. The molecule has 1 aromatic heterocycles. The van der Waals surface area contributed by atoms with E-state index in [2.05, 4.69) is 90.1 Å². The molecule has 5 heterocycles. The van der Waals surface area contributed by atoms with Crippen LogP contribution in [0.25, 0.3) is 0 Å². The summed E-state index contributed by atoms with van der Waals surface area (Å²) in [4.78, 5) is 13.1. The number of halogens is 1. The van der Waals surface area contributed by atoms with Crippen LogP contribution >= 0.6 is 25.5 Å². The van der Waals surface area contributed by atoms with E-state index in [4.69, 9.17) is 28.7 Å². The molecular formula is C30H51ClNO5P2Ru+. The zero-order valence-electron chi connectivity index (χ0n) is 25.6. The minimum absolute atomic E-state index is 0.212. The quantitative estimate of drug-likeness (QED) is 0.148. The van der Waals surface area contributed by atoms with Crippen molar-refractivity contribution in [1.29, 1.82) is 0 Å². The van der Waals surface area contributed by atoms with Gasteiger partial charge in [0.05, 0.1) is 58.4 Å². The predicted octanol–water partition coefficient (Wildman–Crippen LogP) is 6.84. The Kier molecular flexibility index (Phi) is 11.5. The Morgan fingerprint density at radius 2 is 0.950 bits per heavy atom. The first-order valence-electron chi connectivity index (χ1n) is 14.3. The fourth-order valence-electron chi connectivity index (χ4n) is 8.53. The van der Waals surface area contributed by atoms with Crippen LogP contribution in [0.15, 0.2) is 18.2 Å². The molecule has 4 aliphatic rings.